The first kappa shape index (κ1) is 14.9. The molecule has 3 heterocycles. The molecule has 1 aromatic rings. The van der Waals surface area contributed by atoms with E-state index in [4.69, 9.17) is 10.5 Å². The number of nitrogens with one attached hydrogen (secondary N) is 1. The zero-order chi connectivity index (χ0) is 14.8. The van der Waals surface area contributed by atoms with Crippen LogP contribution in [0.25, 0.3) is 0 Å². The van der Waals surface area contributed by atoms with Crippen LogP contribution in [0.2, 0.25) is 0 Å². The van der Waals surface area contributed by atoms with E-state index < -0.39 is 0 Å². The fourth-order valence-electron chi connectivity index (χ4n) is 2.83. The van der Waals surface area contributed by atoms with E-state index in [1.807, 2.05) is 0 Å². The van der Waals surface area contributed by atoms with Crippen LogP contribution in [0.1, 0.15) is 30.3 Å². The van der Waals surface area contributed by atoms with Gasteiger partial charge in [0.1, 0.15) is 6.10 Å². The maximum absolute atomic E-state index is 12.2. The van der Waals surface area contributed by atoms with E-state index in [0.29, 0.717) is 11.7 Å². The SMILES string of the molecule is CCN1CCc2nc(NC(=O)[C@@H]3CC[C@H](CN)O3)sc2C1. The molecule has 3 N–H and O–H groups in total. The Morgan fingerprint density at radius 3 is 3.14 bits per heavy atom. The number of amides is 1. The fraction of sp³-hybridized carbons (Fsp3) is 0.714. The van der Waals surface area contributed by atoms with Crippen molar-refractivity contribution in [2.75, 3.05) is 25.0 Å². The number of likely N-dealkylation sites (N-methyl/N-ethyl adjacent to an activating group) is 1. The van der Waals surface area contributed by atoms with Crippen molar-refractivity contribution in [1.82, 2.24) is 9.88 Å². The van der Waals surface area contributed by atoms with Crippen LogP contribution in [0.15, 0.2) is 0 Å². The first-order valence-electron chi connectivity index (χ1n) is 7.57. The van der Waals surface area contributed by atoms with Crippen LogP contribution < -0.4 is 11.1 Å². The van der Waals surface area contributed by atoms with Crippen molar-refractivity contribution >= 4 is 22.4 Å². The predicted octanol–water partition coefficient (Wildman–Crippen LogP) is 0.966. The Bertz CT molecular complexity index is 519. The predicted molar refractivity (Wildman–Crippen MR) is 82.3 cm³/mol. The highest BCUT2D eigenvalue weighted by Gasteiger charge is 2.30. The third kappa shape index (κ3) is 3.26. The minimum Gasteiger partial charge on any atom is -0.364 e. The number of anilines is 1. The van der Waals surface area contributed by atoms with Crippen molar-refractivity contribution < 1.29 is 9.53 Å². The Morgan fingerprint density at radius 1 is 1.57 bits per heavy atom. The molecule has 1 fully saturated rings. The normalized spacial score (nSPS) is 25.8. The molecule has 0 radical (unpaired) electrons. The first-order valence-corrected chi connectivity index (χ1v) is 8.38. The molecule has 2 atom stereocenters. The van der Waals surface area contributed by atoms with Gasteiger partial charge >= 0.3 is 0 Å². The van der Waals surface area contributed by atoms with Gasteiger partial charge in [0.15, 0.2) is 5.13 Å². The number of rotatable bonds is 4. The number of nitrogens with two attached hydrogens (primary N) is 1. The lowest BCUT2D eigenvalue weighted by atomic mass is 10.2. The summed E-state index contributed by atoms with van der Waals surface area (Å²) >= 11 is 1.58. The number of nitrogens with zero attached hydrogens (tertiary/aromatic N) is 2. The smallest absolute Gasteiger partial charge is 0.255 e. The van der Waals surface area contributed by atoms with Gasteiger partial charge in [0, 0.05) is 30.9 Å². The number of ether oxygens (including phenoxy) is 1. The molecular weight excluding hydrogens is 288 g/mol. The molecule has 0 saturated carbocycles. The fourth-order valence-corrected chi connectivity index (χ4v) is 3.88. The van der Waals surface area contributed by atoms with Gasteiger partial charge in [0.05, 0.1) is 11.8 Å². The average Bonchev–Trinajstić information content (AvgIpc) is 3.12. The van der Waals surface area contributed by atoms with E-state index in [2.05, 4.69) is 22.1 Å². The number of fused-ring (bicyclic) bond motifs is 1. The molecule has 3 rings (SSSR count). The molecule has 0 aromatic carbocycles. The first-order chi connectivity index (χ1) is 10.2. The van der Waals surface area contributed by atoms with Gasteiger partial charge < -0.3 is 10.5 Å². The van der Waals surface area contributed by atoms with Crippen LogP contribution in [-0.2, 0) is 22.5 Å². The zero-order valence-corrected chi connectivity index (χ0v) is 13.1. The summed E-state index contributed by atoms with van der Waals surface area (Å²) in [6, 6.07) is 0. The van der Waals surface area contributed by atoms with Gasteiger partial charge in [0.2, 0.25) is 0 Å². The highest BCUT2D eigenvalue weighted by Crippen LogP contribution is 2.29. The number of hydrogen-bond acceptors (Lipinski definition) is 6. The van der Waals surface area contributed by atoms with Crippen LogP contribution in [0.5, 0.6) is 0 Å². The highest BCUT2D eigenvalue weighted by molar-refractivity contribution is 7.15. The number of carbonyl (C=O) groups is 1. The van der Waals surface area contributed by atoms with Crippen molar-refractivity contribution in [1.29, 1.82) is 0 Å². The molecule has 6 nitrogen and oxygen atoms in total. The van der Waals surface area contributed by atoms with Gasteiger partial charge in [-0.2, -0.15) is 0 Å². The Hall–Kier alpha value is -1.02. The van der Waals surface area contributed by atoms with Crippen LogP contribution >= 0.6 is 11.3 Å². The van der Waals surface area contributed by atoms with Crippen molar-refractivity contribution in [2.45, 2.75) is 44.9 Å². The second kappa shape index (κ2) is 6.39. The lowest BCUT2D eigenvalue weighted by Gasteiger charge is -2.23. The van der Waals surface area contributed by atoms with Crippen molar-refractivity contribution in [2.24, 2.45) is 5.73 Å². The van der Waals surface area contributed by atoms with E-state index in [1.165, 1.54) is 4.88 Å². The molecule has 1 saturated heterocycles. The summed E-state index contributed by atoms with van der Waals surface area (Å²) < 4.78 is 5.61. The van der Waals surface area contributed by atoms with Gasteiger partial charge in [-0.1, -0.05) is 6.92 Å². The summed E-state index contributed by atoms with van der Waals surface area (Å²) in [5, 5.41) is 3.60. The molecule has 7 heteroatoms. The molecule has 2 aliphatic heterocycles. The zero-order valence-electron chi connectivity index (χ0n) is 12.3. The van der Waals surface area contributed by atoms with E-state index in [-0.39, 0.29) is 18.1 Å². The van der Waals surface area contributed by atoms with Gasteiger partial charge in [-0.25, -0.2) is 4.98 Å². The van der Waals surface area contributed by atoms with Crippen LogP contribution in [0, 0.1) is 0 Å². The molecule has 0 bridgehead atoms. The number of aromatic nitrogens is 1. The summed E-state index contributed by atoms with van der Waals surface area (Å²) in [5.74, 6) is -0.0932. The summed E-state index contributed by atoms with van der Waals surface area (Å²) in [6.07, 6.45) is 2.19. The molecule has 0 aliphatic carbocycles. The average molecular weight is 310 g/mol. The minimum atomic E-state index is -0.383. The molecule has 116 valence electrons. The Labute approximate surface area is 128 Å². The summed E-state index contributed by atoms with van der Waals surface area (Å²) in [7, 11) is 0. The third-order valence-corrected chi connectivity index (χ3v) is 5.15. The Kier molecular flexibility index (Phi) is 4.54. The molecule has 21 heavy (non-hydrogen) atoms. The van der Waals surface area contributed by atoms with E-state index in [1.54, 1.807) is 11.3 Å². The van der Waals surface area contributed by atoms with Gasteiger partial charge in [-0.15, -0.1) is 11.3 Å². The maximum Gasteiger partial charge on any atom is 0.255 e. The summed E-state index contributed by atoms with van der Waals surface area (Å²) in [6.45, 7) is 5.68. The van der Waals surface area contributed by atoms with Crippen LogP contribution in [-0.4, -0.2) is 47.6 Å². The molecular formula is C14H22N4O2S. The minimum absolute atomic E-state index is 0.0170. The second-order valence-corrected chi connectivity index (χ2v) is 6.64. The van der Waals surface area contributed by atoms with Crippen LogP contribution in [0.4, 0.5) is 5.13 Å². The van der Waals surface area contributed by atoms with Crippen molar-refractivity contribution in [3.8, 4) is 0 Å². The molecule has 0 spiro atoms. The van der Waals surface area contributed by atoms with E-state index in [9.17, 15) is 4.79 Å². The second-order valence-electron chi connectivity index (χ2n) is 5.56. The monoisotopic (exact) mass is 310 g/mol. The van der Waals surface area contributed by atoms with E-state index in [0.717, 1.165) is 44.6 Å². The van der Waals surface area contributed by atoms with Gasteiger partial charge in [-0.05, 0) is 19.4 Å². The molecule has 0 unspecified atom stereocenters. The van der Waals surface area contributed by atoms with Crippen molar-refractivity contribution in [3.05, 3.63) is 10.6 Å². The number of thiazole rings is 1. The van der Waals surface area contributed by atoms with Crippen molar-refractivity contribution in [3.63, 3.8) is 0 Å². The summed E-state index contributed by atoms with van der Waals surface area (Å²) in [4.78, 5) is 20.4. The number of carbonyl (C=O) groups excluding carboxylic acids is 1. The summed E-state index contributed by atoms with van der Waals surface area (Å²) in [5.41, 5.74) is 6.70. The maximum atomic E-state index is 12.2. The highest BCUT2D eigenvalue weighted by atomic mass is 32.1. The van der Waals surface area contributed by atoms with E-state index >= 15 is 0 Å². The Balaban J connectivity index is 1.61. The third-order valence-electron chi connectivity index (χ3n) is 4.15. The molecule has 1 amide bonds. The van der Waals surface area contributed by atoms with Crippen LogP contribution in [0.3, 0.4) is 0 Å². The Morgan fingerprint density at radius 2 is 2.43 bits per heavy atom. The quantitative estimate of drug-likeness (QED) is 0.866. The topological polar surface area (TPSA) is 80.5 Å². The lowest BCUT2D eigenvalue weighted by molar-refractivity contribution is -0.126. The molecule has 1 aromatic heterocycles. The standard InChI is InChI=1S/C14H22N4O2S/c1-2-18-6-5-10-12(8-18)21-14(16-10)17-13(19)11-4-3-9(7-15)20-11/h9,11H,2-8,15H2,1H3,(H,16,17,19)/t9-,11+/m1/s1. The largest absolute Gasteiger partial charge is 0.364 e. The molecule has 2 aliphatic rings. The van der Waals surface area contributed by atoms with Gasteiger partial charge in [0.25, 0.3) is 5.91 Å². The lowest BCUT2D eigenvalue weighted by Crippen LogP contribution is -2.30. The number of hydrogen-bond donors (Lipinski definition) is 2. The van der Waals surface area contributed by atoms with Gasteiger partial charge in [-0.3, -0.25) is 15.0 Å².